The van der Waals surface area contributed by atoms with Crippen molar-refractivity contribution in [2.75, 3.05) is 6.61 Å². The minimum absolute atomic E-state index is 0.0282. The summed E-state index contributed by atoms with van der Waals surface area (Å²) in [6.45, 7) is -0.456. The van der Waals surface area contributed by atoms with Gasteiger partial charge < -0.3 is 35.2 Å². The number of aromatic nitrogens is 2. The fourth-order valence-electron chi connectivity index (χ4n) is 1.86. The Kier molecular flexibility index (Phi) is 3.42. The standard InChI is InChI=1S/C8H10N4O7/c13-3-5-4(14)1-7(19-5)10-2-6(11(15)16)9-8(10)12(17)18/h2,4-5,7,13-14H,1,3H2/t4-,5+,7+/m0/s1. The maximum absolute atomic E-state index is 10.8. The monoisotopic (exact) mass is 274 g/mol. The average molecular weight is 274 g/mol. The molecule has 3 atom stereocenters. The molecule has 1 aliphatic rings. The fourth-order valence-corrected chi connectivity index (χ4v) is 1.86. The predicted molar refractivity (Wildman–Crippen MR) is 57.2 cm³/mol. The van der Waals surface area contributed by atoms with E-state index in [9.17, 15) is 25.3 Å². The normalized spacial score (nSPS) is 26.5. The topological polar surface area (TPSA) is 154 Å². The first-order valence-corrected chi connectivity index (χ1v) is 5.26. The third-order valence-corrected chi connectivity index (χ3v) is 2.74. The van der Waals surface area contributed by atoms with Crippen LogP contribution in [-0.2, 0) is 4.74 Å². The summed E-state index contributed by atoms with van der Waals surface area (Å²) in [4.78, 5) is 22.9. The molecule has 1 aliphatic heterocycles. The lowest BCUT2D eigenvalue weighted by atomic mass is 10.2. The van der Waals surface area contributed by atoms with Crippen LogP contribution in [0.3, 0.4) is 0 Å². The summed E-state index contributed by atoms with van der Waals surface area (Å²) in [5.41, 5.74) is 0. The van der Waals surface area contributed by atoms with Crippen LogP contribution < -0.4 is 0 Å². The largest absolute Gasteiger partial charge is 0.441 e. The number of imidazole rings is 1. The van der Waals surface area contributed by atoms with Gasteiger partial charge >= 0.3 is 11.8 Å². The van der Waals surface area contributed by atoms with E-state index in [4.69, 9.17) is 9.84 Å². The first kappa shape index (κ1) is 13.3. The molecule has 1 saturated heterocycles. The molecule has 104 valence electrons. The van der Waals surface area contributed by atoms with Gasteiger partial charge in [-0.25, -0.2) is 0 Å². The highest BCUT2D eigenvalue weighted by atomic mass is 16.6. The molecule has 2 rings (SSSR count). The number of nitro groups is 2. The maximum atomic E-state index is 10.8. The SMILES string of the molecule is O=[N+]([O-])c1cn([C@H]2C[C@H](O)[C@@H](CO)O2)c([N+](=O)[O-])n1. The Balaban J connectivity index is 2.34. The lowest BCUT2D eigenvalue weighted by Crippen LogP contribution is -2.24. The third kappa shape index (κ3) is 2.38. The second kappa shape index (κ2) is 4.87. The molecule has 19 heavy (non-hydrogen) atoms. The fraction of sp³-hybridized carbons (Fsp3) is 0.625. The smallest absolute Gasteiger partial charge is 0.394 e. The maximum Gasteiger partial charge on any atom is 0.441 e. The molecular formula is C8H10N4O7. The first-order chi connectivity index (χ1) is 8.93. The lowest BCUT2D eigenvalue weighted by molar-refractivity contribution is -0.404. The van der Waals surface area contributed by atoms with E-state index in [0.29, 0.717) is 0 Å². The Labute approximate surface area is 105 Å². The van der Waals surface area contributed by atoms with Crippen LogP contribution in [0.4, 0.5) is 11.8 Å². The summed E-state index contributed by atoms with van der Waals surface area (Å²) in [6, 6.07) is 0. The number of nitrogens with zero attached hydrogens (tertiary/aromatic N) is 4. The number of hydrogen-bond acceptors (Lipinski definition) is 8. The second-order valence-corrected chi connectivity index (χ2v) is 3.94. The van der Waals surface area contributed by atoms with E-state index in [1.165, 1.54) is 0 Å². The second-order valence-electron chi connectivity index (χ2n) is 3.94. The molecule has 0 aromatic carbocycles. The summed E-state index contributed by atoms with van der Waals surface area (Å²) < 4.78 is 6.06. The van der Waals surface area contributed by atoms with E-state index < -0.39 is 46.7 Å². The quantitative estimate of drug-likeness (QED) is 0.541. The zero-order chi connectivity index (χ0) is 14.2. The number of aliphatic hydroxyl groups is 2. The Hall–Kier alpha value is -2.11. The molecule has 11 heteroatoms. The third-order valence-electron chi connectivity index (χ3n) is 2.74. The van der Waals surface area contributed by atoms with E-state index in [0.717, 1.165) is 10.8 Å². The van der Waals surface area contributed by atoms with E-state index in [2.05, 4.69) is 4.98 Å². The minimum Gasteiger partial charge on any atom is -0.394 e. The van der Waals surface area contributed by atoms with Gasteiger partial charge in [0.1, 0.15) is 6.10 Å². The van der Waals surface area contributed by atoms with Crippen LogP contribution in [0.1, 0.15) is 12.6 Å². The van der Waals surface area contributed by atoms with Crippen LogP contribution in [-0.4, -0.2) is 48.4 Å². The molecule has 1 aromatic heterocycles. The van der Waals surface area contributed by atoms with Crippen molar-refractivity contribution in [2.24, 2.45) is 0 Å². The molecular weight excluding hydrogens is 264 g/mol. The molecule has 0 aliphatic carbocycles. The highest BCUT2D eigenvalue weighted by Crippen LogP contribution is 2.32. The molecule has 0 radical (unpaired) electrons. The van der Waals surface area contributed by atoms with Gasteiger partial charge in [0.2, 0.25) is 0 Å². The van der Waals surface area contributed by atoms with Gasteiger partial charge in [0.25, 0.3) is 0 Å². The summed E-state index contributed by atoms with van der Waals surface area (Å²) >= 11 is 0. The summed E-state index contributed by atoms with van der Waals surface area (Å²) in [5.74, 6) is -1.43. The zero-order valence-corrected chi connectivity index (χ0v) is 9.45. The molecule has 2 N–H and O–H groups in total. The molecule has 0 bridgehead atoms. The van der Waals surface area contributed by atoms with E-state index in [1.54, 1.807) is 0 Å². The van der Waals surface area contributed by atoms with Crippen LogP contribution in [0.25, 0.3) is 0 Å². The van der Waals surface area contributed by atoms with Gasteiger partial charge in [0.05, 0.1) is 12.7 Å². The summed E-state index contributed by atoms with van der Waals surface area (Å²) in [6.07, 6.45) is -2.02. The molecule has 0 amide bonds. The van der Waals surface area contributed by atoms with Crippen LogP contribution in [0.2, 0.25) is 0 Å². The van der Waals surface area contributed by atoms with Crippen LogP contribution in [0, 0.1) is 20.2 Å². The van der Waals surface area contributed by atoms with Gasteiger partial charge in [-0.05, 0) is 14.8 Å². The predicted octanol–water partition coefficient (Wildman–Crippen LogP) is -0.660. The van der Waals surface area contributed by atoms with E-state index >= 15 is 0 Å². The van der Waals surface area contributed by atoms with Crippen LogP contribution >= 0.6 is 0 Å². The minimum atomic E-state index is -1.00. The molecule has 2 heterocycles. The molecule has 0 saturated carbocycles. The molecule has 0 unspecified atom stereocenters. The number of ether oxygens (including phenoxy) is 1. The lowest BCUT2D eigenvalue weighted by Gasteiger charge is -2.10. The Morgan fingerprint density at radius 2 is 2.16 bits per heavy atom. The van der Waals surface area contributed by atoms with Gasteiger partial charge in [-0.2, -0.15) is 4.57 Å². The van der Waals surface area contributed by atoms with E-state index in [1.807, 2.05) is 0 Å². The van der Waals surface area contributed by atoms with Crippen molar-refractivity contribution in [1.29, 1.82) is 0 Å². The first-order valence-electron chi connectivity index (χ1n) is 5.26. The Morgan fingerprint density at radius 1 is 1.47 bits per heavy atom. The molecule has 11 nitrogen and oxygen atoms in total. The molecule has 1 aromatic rings. The number of hydrogen-bond donors (Lipinski definition) is 2. The zero-order valence-electron chi connectivity index (χ0n) is 9.45. The highest BCUT2D eigenvalue weighted by Gasteiger charge is 2.40. The van der Waals surface area contributed by atoms with Crippen molar-refractivity contribution in [3.8, 4) is 0 Å². The van der Waals surface area contributed by atoms with Gasteiger partial charge in [0.15, 0.2) is 12.4 Å². The van der Waals surface area contributed by atoms with Crippen molar-refractivity contribution in [2.45, 2.75) is 24.9 Å². The summed E-state index contributed by atoms with van der Waals surface area (Å²) in [5, 5.41) is 39.8. The Morgan fingerprint density at radius 3 is 2.63 bits per heavy atom. The van der Waals surface area contributed by atoms with Crippen molar-refractivity contribution < 1.29 is 24.8 Å². The van der Waals surface area contributed by atoms with Gasteiger partial charge in [-0.1, -0.05) is 0 Å². The van der Waals surface area contributed by atoms with Crippen molar-refractivity contribution in [3.63, 3.8) is 0 Å². The number of aliphatic hydroxyl groups excluding tert-OH is 2. The highest BCUT2D eigenvalue weighted by molar-refractivity contribution is 5.25. The van der Waals surface area contributed by atoms with Gasteiger partial charge in [-0.15, -0.1) is 0 Å². The van der Waals surface area contributed by atoms with Gasteiger partial charge in [-0.3, -0.25) is 0 Å². The number of rotatable bonds is 4. The van der Waals surface area contributed by atoms with Crippen molar-refractivity contribution in [1.82, 2.24) is 9.55 Å². The molecule has 1 fully saturated rings. The van der Waals surface area contributed by atoms with Crippen molar-refractivity contribution in [3.05, 3.63) is 26.4 Å². The van der Waals surface area contributed by atoms with Crippen LogP contribution in [0.15, 0.2) is 6.20 Å². The van der Waals surface area contributed by atoms with Crippen LogP contribution in [0.5, 0.6) is 0 Å². The summed E-state index contributed by atoms with van der Waals surface area (Å²) in [7, 11) is 0. The Bertz CT molecular complexity index is 515. The van der Waals surface area contributed by atoms with Gasteiger partial charge in [0, 0.05) is 6.42 Å². The van der Waals surface area contributed by atoms with E-state index in [-0.39, 0.29) is 6.42 Å². The van der Waals surface area contributed by atoms with Crippen molar-refractivity contribution >= 4 is 11.8 Å². The molecule has 0 spiro atoms. The average Bonchev–Trinajstić information content (AvgIpc) is 2.91.